The van der Waals surface area contributed by atoms with Crippen molar-refractivity contribution < 1.29 is 19.1 Å². The molecule has 1 heterocycles. The van der Waals surface area contributed by atoms with Crippen LogP contribution in [0, 0.1) is 0 Å². The van der Waals surface area contributed by atoms with Crippen LogP contribution in [0.5, 0.6) is 0 Å². The summed E-state index contributed by atoms with van der Waals surface area (Å²) in [5.74, 6) is -0.148. The highest BCUT2D eigenvalue weighted by molar-refractivity contribution is 6.31. The maximum Gasteiger partial charge on any atom is 0.411 e. The number of nitrogens with one attached hydrogen (secondary N) is 1. The molecular weight excluding hydrogens is 432 g/mol. The smallest absolute Gasteiger partial charge is 0.411 e. The zero-order chi connectivity index (χ0) is 23.0. The highest BCUT2D eigenvalue weighted by Crippen LogP contribution is 2.31. The van der Waals surface area contributed by atoms with E-state index < -0.39 is 11.6 Å². The Morgan fingerprint density at radius 1 is 1.12 bits per heavy atom. The Bertz CT molecular complexity index is 933. The van der Waals surface area contributed by atoms with E-state index in [1.165, 1.54) is 0 Å². The summed E-state index contributed by atoms with van der Waals surface area (Å²) in [6.45, 7) is 0.996. The van der Waals surface area contributed by atoms with E-state index in [0.29, 0.717) is 36.6 Å². The van der Waals surface area contributed by atoms with E-state index in [9.17, 15) is 14.4 Å². The molecule has 0 bridgehead atoms. The fourth-order valence-corrected chi connectivity index (χ4v) is 4.01. The minimum atomic E-state index is -0.777. The first-order valence-corrected chi connectivity index (χ1v) is 10.8. The van der Waals surface area contributed by atoms with Crippen LogP contribution in [-0.2, 0) is 20.9 Å². The van der Waals surface area contributed by atoms with Gasteiger partial charge in [-0.05, 0) is 36.6 Å². The summed E-state index contributed by atoms with van der Waals surface area (Å²) >= 11 is 6.31. The first-order chi connectivity index (χ1) is 15.5. The van der Waals surface area contributed by atoms with Crippen LogP contribution in [0.2, 0.25) is 5.02 Å². The first-order valence-electron chi connectivity index (χ1n) is 10.4. The number of anilines is 1. The Balaban J connectivity index is 1.76. The van der Waals surface area contributed by atoms with Gasteiger partial charge in [-0.2, -0.15) is 0 Å². The molecule has 1 saturated heterocycles. The molecule has 1 aliphatic rings. The Kier molecular flexibility index (Phi) is 8.08. The van der Waals surface area contributed by atoms with Crippen LogP contribution < -0.4 is 11.1 Å². The monoisotopic (exact) mass is 458 g/mol. The fraction of sp³-hybridized carbons (Fsp3) is 0.348. The normalized spacial score (nSPS) is 15.0. The topological polar surface area (TPSA) is 105 Å². The second-order valence-corrected chi connectivity index (χ2v) is 8.11. The maximum atomic E-state index is 12.4. The van der Waals surface area contributed by atoms with Crippen molar-refractivity contribution >= 4 is 35.7 Å². The number of hydrogen-bond acceptors (Lipinski definition) is 5. The molecule has 0 unspecified atom stereocenters. The molecule has 0 radical (unpaired) electrons. The third-order valence-corrected chi connectivity index (χ3v) is 6.12. The molecule has 0 atom stereocenters. The van der Waals surface area contributed by atoms with Gasteiger partial charge in [-0.25, -0.2) is 4.79 Å². The van der Waals surface area contributed by atoms with Crippen molar-refractivity contribution in [2.24, 2.45) is 5.73 Å². The molecule has 0 spiro atoms. The number of carbonyl (C=O) groups excluding carboxylic acids is 3. The minimum absolute atomic E-state index is 0.0144. The molecule has 170 valence electrons. The van der Waals surface area contributed by atoms with Crippen LogP contribution in [-0.4, -0.2) is 60.0 Å². The van der Waals surface area contributed by atoms with Gasteiger partial charge in [0.2, 0.25) is 12.3 Å². The molecule has 2 aromatic carbocycles. The van der Waals surface area contributed by atoms with Gasteiger partial charge in [0.25, 0.3) is 0 Å². The standard InChI is InChI=1S/C23H27ClN4O4/c24-20-9-5-4-6-18(20)15-28(17-29)23(10-12-27(13-11-23)21(30)14-25)16-32-22(31)26-19-7-2-1-3-8-19/h1-9,17H,10-16,25H2,(H,26,31). The maximum absolute atomic E-state index is 12.4. The van der Waals surface area contributed by atoms with Gasteiger partial charge in [-0.15, -0.1) is 0 Å². The number of nitrogens with zero attached hydrogens (tertiary/aromatic N) is 2. The van der Waals surface area contributed by atoms with Crippen molar-refractivity contribution in [1.29, 1.82) is 0 Å². The van der Waals surface area contributed by atoms with Crippen molar-refractivity contribution in [2.45, 2.75) is 24.9 Å². The lowest BCUT2D eigenvalue weighted by Gasteiger charge is -2.46. The number of nitrogens with two attached hydrogens (primary N) is 1. The summed E-state index contributed by atoms with van der Waals surface area (Å²) in [7, 11) is 0. The molecule has 0 aliphatic carbocycles. The van der Waals surface area contributed by atoms with E-state index in [4.69, 9.17) is 22.1 Å². The Labute approximate surface area is 192 Å². The highest BCUT2D eigenvalue weighted by atomic mass is 35.5. The number of para-hydroxylation sites is 1. The number of piperidine rings is 1. The lowest BCUT2D eigenvalue weighted by Crippen LogP contribution is -2.59. The van der Waals surface area contributed by atoms with Crippen LogP contribution in [0.4, 0.5) is 10.5 Å². The minimum Gasteiger partial charge on any atom is -0.447 e. The Morgan fingerprint density at radius 2 is 1.78 bits per heavy atom. The number of carbonyl (C=O) groups is 3. The summed E-state index contributed by atoms with van der Waals surface area (Å²) < 4.78 is 5.55. The van der Waals surface area contributed by atoms with Gasteiger partial charge >= 0.3 is 6.09 Å². The number of halogens is 1. The van der Waals surface area contributed by atoms with Crippen molar-refractivity contribution in [3.05, 3.63) is 65.2 Å². The SMILES string of the molecule is NCC(=O)N1CCC(COC(=O)Nc2ccccc2)(N(C=O)Cc2ccccc2Cl)CC1. The number of hydrogen-bond donors (Lipinski definition) is 2. The third-order valence-electron chi connectivity index (χ3n) is 5.75. The summed E-state index contributed by atoms with van der Waals surface area (Å²) in [6, 6.07) is 16.2. The number of likely N-dealkylation sites (tertiary alicyclic amines) is 1. The number of rotatable bonds is 8. The van der Waals surface area contributed by atoms with E-state index in [-0.39, 0.29) is 25.6 Å². The van der Waals surface area contributed by atoms with Crippen molar-refractivity contribution in [2.75, 3.05) is 31.6 Å². The summed E-state index contributed by atoms with van der Waals surface area (Å²) in [6.07, 6.45) is 1.03. The second-order valence-electron chi connectivity index (χ2n) is 7.70. The van der Waals surface area contributed by atoms with Crippen LogP contribution in [0.15, 0.2) is 54.6 Å². The average molecular weight is 459 g/mol. The number of amides is 3. The lowest BCUT2D eigenvalue weighted by atomic mass is 9.86. The molecule has 3 N–H and O–H groups in total. The van der Waals surface area contributed by atoms with Gasteiger partial charge in [0.15, 0.2) is 0 Å². The zero-order valence-corrected chi connectivity index (χ0v) is 18.5. The lowest BCUT2D eigenvalue weighted by molar-refractivity contribution is -0.137. The largest absolute Gasteiger partial charge is 0.447 e. The van der Waals surface area contributed by atoms with Gasteiger partial charge in [0.05, 0.1) is 12.1 Å². The van der Waals surface area contributed by atoms with Crippen LogP contribution in [0.25, 0.3) is 0 Å². The average Bonchev–Trinajstić information content (AvgIpc) is 2.82. The van der Waals surface area contributed by atoms with Crippen molar-refractivity contribution in [1.82, 2.24) is 9.80 Å². The Hall–Kier alpha value is -3.10. The van der Waals surface area contributed by atoms with Crippen LogP contribution >= 0.6 is 11.6 Å². The van der Waals surface area contributed by atoms with Crippen LogP contribution in [0.1, 0.15) is 18.4 Å². The molecule has 3 rings (SSSR count). The predicted molar refractivity (Wildman–Crippen MR) is 122 cm³/mol. The van der Waals surface area contributed by atoms with Gasteiger partial charge in [0, 0.05) is 30.3 Å². The van der Waals surface area contributed by atoms with E-state index in [1.54, 1.807) is 40.1 Å². The van der Waals surface area contributed by atoms with Crippen molar-refractivity contribution in [3.8, 4) is 0 Å². The highest BCUT2D eigenvalue weighted by Gasteiger charge is 2.42. The molecular formula is C23H27ClN4O4. The van der Waals surface area contributed by atoms with Gasteiger partial charge in [0.1, 0.15) is 6.61 Å². The fourth-order valence-electron chi connectivity index (χ4n) is 3.82. The molecule has 8 nitrogen and oxygen atoms in total. The molecule has 1 aliphatic heterocycles. The molecule has 1 fully saturated rings. The zero-order valence-electron chi connectivity index (χ0n) is 17.7. The van der Waals surface area contributed by atoms with E-state index in [1.807, 2.05) is 24.3 Å². The van der Waals surface area contributed by atoms with Gasteiger partial charge in [-0.1, -0.05) is 48.0 Å². The molecule has 2 aromatic rings. The van der Waals surface area contributed by atoms with E-state index in [2.05, 4.69) is 5.32 Å². The van der Waals surface area contributed by atoms with E-state index in [0.717, 1.165) is 12.0 Å². The number of benzene rings is 2. The molecule has 9 heteroatoms. The second kappa shape index (κ2) is 11.0. The molecule has 3 amide bonds. The molecule has 0 saturated carbocycles. The molecule has 32 heavy (non-hydrogen) atoms. The van der Waals surface area contributed by atoms with E-state index >= 15 is 0 Å². The summed E-state index contributed by atoms with van der Waals surface area (Å²) in [5, 5.41) is 3.23. The quantitative estimate of drug-likeness (QED) is 0.592. The van der Waals surface area contributed by atoms with Crippen LogP contribution in [0.3, 0.4) is 0 Å². The van der Waals surface area contributed by atoms with Gasteiger partial charge in [-0.3, -0.25) is 14.9 Å². The third kappa shape index (κ3) is 5.77. The summed E-state index contributed by atoms with van der Waals surface area (Å²) in [5.41, 5.74) is 6.12. The Morgan fingerprint density at radius 3 is 2.41 bits per heavy atom. The first kappa shape index (κ1) is 23.6. The molecule has 0 aromatic heterocycles. The van der Waals surface area contributed by atoms with Crippen molar-refractivity contribution in [3.63, 3.8) is 0 Å². The predicted octanol–water partition coefficient (Wildman–Crippen LogP) is 2.87. The summed E-state index contributed by atoms with van der Waals surface area (Å²) in [4.78, 5) is 39.9. The van der Waals surface area contributed by atoms with Gasteiger partial charge < -0.3 is 20.3 Å². The number of ether oxygens (including phenoxy) is 1.